The van der Waals surface area contributed by atoms with Gasteiger partial charge in [0.2, 0.25) is 5.91 Å². The smallest absolute Gasteiger partial charge is 0.262 e. The molecule has 0 heterocycles. The molecule has 29 heavy (non-hydrogen) atoms. The van der Waals surface area contributed by atoms with Crippen molar-refractivity contribution in [2.24, 2.45) is 0 Å². The molecule has 0 saturated carbocycles. The highest BCUT2D eigenvalue weighted by atomic mass is 16.5. The Labute approximate surface area is 171 Å². The van der Waals surface area contributed by atoms with Gasteiger partial charge in [-0.1, -0.05) is 32.0 Å². The molecule has 0 saturated heterocycles. The van der Waals surface area contributed by atoms with Crippen molar-refractivity contribution >= 4 is 29.0 Å². The Kier molecular flexibility index (Phi) is 7.95. The molecule has 0 aliphatic carbocycles. The van der Waals surface area contributed by atoms with Crippen molar-refractivity contribution in [3.8, 4) is 5.75 Å². The zero-order chi connectivity index (χ0) is 21.4. The highest BCUT2D eigenvalue weighted by Crippen LogP contribution is 2.24. The maximum Gasteiger partial charge on any atom is 0.262 e. The van der Waals surface area contributed by atoms with E-state index in [1.165, 1.54) is 6.92 Å². The molecule has 6 nitrogen and oxygen atoms in total. The molecule has 2 rings (SSSR count). The molecule has 0 atom stereocenters. The van der Waals surface area contributed by atoms with Crippen molar-refractivity contribution in [2.45, 2.75) is 47.0 Å². The molecule has 2 aromatic rings. The summed E-state index contributed by atoms with van der Waals surface area (Å²) in [5.41, 5.74) is 3.67. The van der Waals surface area contributed by atoms with Gasteiger partial charge in [-0.25, -0.2) is 0 Å². The van der Waals surface area contributed by atoms with Crippen LogP contribution in [0.3, 0.4) is 0 Å². The Bertz CT molecular complexity index is 906. The van der Waals surface area contributed by atoms with Crippen LogP contribution in [0.5, 0.6) is 5.75 Å². The molecule has 0 aliphatic heterocycles. The third-order valence-electron chi connectivity index (χ3n) is 4.48. The van der Waals surface area contributed by atoms with Gasteiger partial charge in [0.15, 0.2) is 12.4 Å². The zero-order valence-electron chi connectivity index (χ0n) is 17.4. The summed E-state index contributed by atoms with van der Waals surface area (Å²) >= 11 is 0. The first-order chi connectivity index (χ1) is 13.8. The first-order valence-electron chi connectivity index (χ1n) is 9.81. The van der Waals surface area contributed by atoms with Crippen LogP contribution in [0.15, 0.2) is 36.4 Å². The molecule has 0 radical (unpaired) electrons. The first-order valence-corrected chi connectivity index (χ1v) is 9.81. The minimum atomic E-state index is -0.302. The first kappa shape index (κ1) is 22.1. The Morgan fingerprint density at radius 1 is 1.00 bits per heavy atom. The topological polar surface area (TPSA) is 84.5 Å². The number of carbonyl (C=O) groups excluding carboxylic acids is 3. The normalized spacial score (nSPS) is 10.3. The Morgan fingerprint density at radius 3 is 2.41 bits per heavy atom. The zero-order valence-corrected chi connectivity index (χ0v) is 17.4. The lowest BCUT2D eigenvalue weighted by Gasteiger charge is -2.15. The van der Waals surface area contributed by atoms with E-state index in [2.05, 4.69) is 10.6 Å². The predicted molar refractivity (Wildman–Crippen MR) is 115 cm³/mol. The van der Waals surface area contributed by atoms with Gasteiger partial charge in [0.1, 0.15) is 5.75 Å². The summed E-state index contributed by atoms with van der Waals surface area (Å²) in [6, 6.07) is 10.7. The van der Waals surface area contributed by atoms with Crippen LogP contribution in [0, 0.1) is 6.92 Å². The molecule has 0 unspecified atom stereocenters. The number of para-hydroxylation sites is 1. The van der Waals surface area contributed by atoms with Crippen molar-refractivity contribution in [3.63, 3.8) is 0 Å². The van der Waals surface area contributed by atoms with Gasteiger partial charge in [-0.15, -0.1) is 0 Å². The number of benzene rings is 2. The quantitative estimate of drug-likeness (QED) is 0.611. The van der Waals surface area contributed by atoms with Crippen LogP contribution >= 0.6 is 0 Å². The maximum atomic E-state index is 12.4. The molecule has 0 fully saturated rings. The van der Waals surface area contributed by atoms with Crippen LogP contribution in [0.1, 0.15) is 55.1 Å². The molecule has 0 aromatic heterocycles. The Morgan fingerprint density at radius 2 is 1.76 bits per heavy atom. The van der Waals surface area contributed by atoms with Gasteiger partial charge < -0.3 is 15.4 Å². The molecule has 2 amide bonds. The van der Waals surface area contributed by atoms with Gasteiger partial charge >= 0.3 is 0 Å². The van der Waals surface area contributed by atoms with Gasteiger partial charge in [-0.2, -0.15) is 0 Å². The summed E-state index contributed by atoms with van der Waals surface area (Å²) in [5, 5.41) is 5.65. The average molecular weight is 396 g/mol. The number of hydrogen-bond acceptors (Lipinski definition) is 4. The second kappa shape index (κ2) is 10.4. The number of rotatable bonds is 9. The molecule has 2 aromatic carbocycles. The third kappa shape index (κ3) is 6.17. The van der Waals surface area contributed by atoms with E-state index in [-0.39, 0.29) is 24.2 Å². The summed E-state index contributed by atoms with van der Waals surface area (Å²) in [7, 11) is 0. The number of ether oxygens (including phenoxy) is 1. The number of ketones is 1. The second-order valence-electron chi connectivity index (χ2n) is 6.86. The van der Waals surface area contributed by atoms with Crippen LogP contribution < -0.4 is 15.4 Å². The highest BCUT2D eigenvalue weighted by molar-refractivity contribution is 6.00. The molecular formula is C23H28N2O4. The number of amides is 2. The standard InChI is InChI=1S/C23H28N2O4/c1-5-8-21(27)24-18-11-12-20(19(13-18)16(4)26)29-14-22(28)25-23-15(3)9-7-10-17(23)6-2/h7,9-13H,5-6,8,14H2,1-4H3,(H,24,27)(H,25,28). The molecule has 154 valence electrons. The Balaban J connectivity index is 2.09. The average Bonchev–Trinajstić information content (AvgIpc) is 2.68. The Hall–Kier alpha value is -3.15. The van der Waals surface area contributed by atoms with Gasteiger partial charge in [0.25, 0.3) is 5.91 Å². The van der Waals surface area contributed by atoms with Crippen LogP contribution in [0.2, 0.25) is 0 Å². The van der Waals surface area contributed by atoms with E-state index in [1.54, 1.807) is 18.2 Å². The van der Waals surface area contributed by atoms with Crippen molar-refractivity contribution in [3.05, 3.63) is 53.1 Å². The van der Waals surface area contributed by atoms with E-state index < -0.39 is 0 Å². The molecule has 2 N–H and O–H groups in total. The molecule has 0 spiro atoms. The van der Waals surface area contributed by atoms with Crippen LogP contribution in [-0.4, -0.2) is 24.2 Å². The largest absolute Gasteiger partial charge is 0.483 e. The fraction of sp³-hybridized carbons (Fsp3) is 0.348. The number of anilines is 2. The maximum absolute atomic E-state index is 12.4. The van der Waals surface area contributed by atoms with Crippen molar-refractivity contribution < 1.29 is 19.1 Å². The minimum Gasteiger partial charge on any atom is -0.483 e. The fourth-order valence-electron chi connectivity index (χ4n) is 2.98. The van der Waals surface area contributed by atoms with Gasteiger partial charge in [0, 0.05) is 17.8 Å². The predicted octanol–water partition coefficient (Wildman–Crippen LogP) is 4.52. The van der Waals surface area contributed by atoms with Gasteiger partial charge in [-0.05, 0) is 56.0 Å². The molecule has 6 heteroatoms. The summed E-state index contributed by atoms with van der Waals surface area (Å²) in [6.45, 7) is 7.08. The van der Waals surface area contributed by atoms with E-state index in [9.17, 15) is 14.4 Å². The van der Waals surface area contributed by atoms with Gasteiger partial charge in [0.05, 0.1) is 5.56 Å². The molecule has 0 aliphatic rings. The van der Waals surface area contributed by atoms with Crippen molar-refractivity contribution in [1.29, 1.82) is 0 Å². The number of Topliss-reactive ketones (excluding diaryl/α,β-unsaturated/α-hetero) is 1. The van der Waals surface area contributed by atoms with E-state index in [4.69, 9.17) is 4.74 Å². The summed E-state index contributed by atoms with van der Waals surface area (Å²) in [4.78, 5) is 36.2. The van der Waals surface area contributed by atoms with Crippen molar-refractivity contribution in [2.75, 3.05) is 17.2 Å². The lowest BCUT2D eigenvalue weighted by Crippen LogP contribution is -2.22. The van der Waals surface area contributed by atoms with Gasteiger partial charge in [-0.3, -0.25) is 14.4 Å². The number of carbonyl (C=O) groups is 3. The number of nitrogens with one attached hydrogen (secondary N) is 2. The van der Waals surface area contributed by atoms with Crippen LogP contribution in [0.4, 0.5) is 11.4 Å². The monoisotopic (exact) mass is 396 g/mol. The second-order valence-corrected chi connectivity index (χ2v) is 6.86. The lowest BCUT2D eigenvalue weighted by atomic mass is 10.1. The van der Waals surface area contributed by atoms with E-state index >= 15 is 0 Å². The lowest BCUT2D eigenvalue weighted by molar-refractivity contribution is -0.118. The van der Waals surface area contributed by atoms with Crippen LogP contribution in [-0.2, 0) is 16.0 Å². The molecular weight excluding hydrogens is 368 g/mol. The molecule has 0 bridgehead atoms. The fourth-order valence-corrected chi connectivity index (χ4v) is 2.98. The number of hydrogen-bond donors (Lipinski definition) is 2. The highest BCUT2D eigenvalue weighted by Gasteiger charge is 2.14. The summed E-state index contributed by atoms with van der Waals surface area (Å²) in [5.74, 6) is -0.315. The van der Waals surface area contributed by atoms with E-state index in [0.717, 1.165) is 29.7 Å². The van der Waals surface area contributed by atoms with Crippen molar-refractivity contribution in [1.82, 2.24) is 0 Å². The van der Waals surface area contributed by atoms with E-state index in [0.29, 0.717) is 23.4 Å². The minimum absolute atomic E-state index is 0.111. The SMILES string of the molecule is CCCC(=O)Nc1ccc(OCC(=O)Nc2c(C)cccc2CC)c(C(C)=O)c1. The summed E-state index contributed by atoms with van der Waals surface area (Å²) < 4.78 is 5.61. The summed E-state index contributed by atoms with van der Waals surface area (Å²) in [6.07, 6.45) is 1.95. The number of aryl methyl sites for hydroxylation is 2. The third-order valence-corrected chi connectivity index (χ3v) is 4.48. The van der Waals surface area contributed by atoms with E-state index in [1.807, 2.05) is 39.0 Å². The van der Waals surface area contributed by atoms with Crippen LogP contribution in [0.25, 0.3) is 0 Å².